The molecule has 0 spiro atoms. The van der Waals surface area contributed by atoms with Crippen LogP contribution in [0.3, 0.4) is 0 Å². The van der Waals surface area contributed by atoms with Crippen molar-refractivity contribution in [1.29, 1.82) is 0 Å². The molecule has 2 aromatic heterocycles. The molecule has 27 heavy (non-hydrogen) atoms. The lowest BCUT2D eigenvalue weighted by molar-refractivity contribution is 0.102. The monoisotopic (exact) mass is 384 g/mol. The van der Waals surface area contributed by atoms with Crippen LogP contribution in [0.25, 0.3) is 0 Å². The van der Waals surface area contributed by atoms with Crippen LogP contribution in [0.4, 0.5) is 5.69 Å². The summed E-state index contributed by atoms with van der Waals surface area (Å²) in [5.41, 5.74) is 0.690. The van der Waals surface area contributed by atoms with Crippen molar-refractivity contribution in [2.24, 2.45) is 0 Å². The molecule has 1 atom stereocenters. The van der Waals surface area contributed by atoms with Crippen LogP contribution in [0.1, 0.15) is 39.5 Å². The average Bonchev–Trinajstić information content (AvgIpc) is 3.44. The number of furan rings is 1. The minimum Gasteiger partial charge on any atom is -0.497 e. The van der Waals surface area contributed by atoms with Crippen molar-refractivity contribution in [2.75, 3.05) is 19.0 Å². The van der Waals surface area contributed by atoms with Gasteiger partial charge in [0.25, 0.3) is 5.91 Å². The Bertz CT molecular complexity index is 892. The predicted octanol–water partition coefficient (Wildman–Crippen LogP) is 3.73. The van der Waals surface area contributed by atoms with Crippen LogP contribution in [0.15, 0.2) is 47.1 Å². The zero-order valence-corrected chi connectivity index (χ0v) is 15.7. The molecule has 0 aliphatic carbocycles. The molecule has 1 fully saturated rings. The number of nitrogens with zero attached hydrogens (tertiary/aromatic N) is 3. The zero-order chi connectivity index (χ0) is 18.6. The third-order valence-corrected chi connectivity index (χ3v) is 5.49. The second-order valence-electron chi connectivity index (χ2n) is 6.33. The number of nitrogens with one attached hydrogen (secondary N) is 1. The van der Waals surface area contributed by atoms with Crippen LogP contribution >= 0.6 is 11.3 Å². The lowest BCUT2D eigenvalue weighted by Gasteiger charge is -2.21. The van der Waals surface area contributed by atoms with E-state index in [1.807, 2.05) is 12.1 Å². The number of amides is 1. The average molecular weight is 384 g/mol. The highest BCUT2D eigenvalue weighted by Crippen LogP contribution is 2.33. The summed E-state index contributed by atoms with van der Waals surface area (Å²) < 4.78 is 10.7. The van der Waals surface area contributed by atoms with Crippen molar-refractivity contribution in [3.05, 3.63) is 58.4 Å². The Kier molecular flexibility index (Phi) is 5.17. The van der Waals surface area contributed by atoms with E-state index in [1.54, 1.807) is 37.6 Å². The van der Waals surface area contributed by atoms with Gasteiger partial charge in [-0.3, -0.25) is 9.69 Å². The first kappa shape index (κ1) is 17.7. The summed E-state index contributed by atoms with van der Waals surface area (Å²) in [5.74, 6) is 1.46. The van der Waals surface area contributed by atoms with Crippen molar-refractivity contribution in [3.63, 3.8) is 0 Å². The highest BCUT2D eigenvalue weighted by Gasteiger charge is 2.29. The summed E-state index contributed by atoms with van der Waals surface area (Å²) in [6, 6.07) is 11.4. The molecule has 3 aromatic rings. The fourth-order valence-corrected chi connectivity index (χ4v) is 4.02. The number of rotatable bonds is 6. The van der Waals surface area contributed by atoms with E-state index in [1.165, 1.54) is 11.3 Å². The summed E-state index contributed by atoms with van der Waals surface area (Å²) >= 11 is 1.32. The highest BCUT2D eigenvalue weighted by molar-refractivity contribution is 7.13. The normalized spacial score (nSPS) is 17.1. The number of carbonyl (C=O) groups is 1. The molecule has 1 N–H and O–H groups in total. The van der Waals surface area contributed by atoms with Gasteiger partial charge in [-0.05, 0) is 55.8 Å². The highest BCUT2D eigenvalue weighted by atomic mass is 32.1. The number of ether oxygens (including phenoxy) is 1. The SMILES string of the molecule is COc1ccc(NC(=O)c2nnc(CN3CCCC3c3ccco3)s2)cc1. The van der Waals surface area contributed by atoms with Crippen LogP contribution in [0, 0.1) is 0 Å². The number of benzene rings is 1. The molecule has 3 heterocycles. The largest absolute Gasteiger partial charge is 0.497 e. The van der Waals surface area contributed by atoms with E-state index in [0.29, 0.717) is 17.2 Å². The molecule has 1 amide bonds. The van der Waals surface area contributed by atoms with Gasteiger partial charge < -0.3 is 14.5 Å². The van der Waals surface area contributed by atoms with E-state index in [4.69, 9.17) is 9.15 Å². The molecule has 1 aliphatic rings. The first-order valence-corrected chi connectivity index (χ1v) is 9.60. The van der Waals surface area contributed by atoms with Crippen molar-refractivity contribution in [2.45, 2.75) is 25.4 Å². The molecule has 0 saturated carbocycles. The first-order valence-electron chi connectivity index (χ1n) is 8.78. The van der Waals surface area contributed by atoms with Gasteiger partial charge in [0, 0.05) is 5.69 Å². The molecule has 7 nitrogen and oxygen atoms in total. The van der Waals surface area contributed by atoms with E-state index in [-0.39, 0.29) is 11.9 Å². The topological polar surface area (TPSA) is 80.5 Å². The van der Waals surface area contributed by atoms with Gasteiger partial charge in [-0.1, -0.05) is 11.3 Å². The number of hydrogen-bond donors (Lipinski definition) is 1. The number of hydrogen-bond acceptors (Lipinski definition) is 7. The number of carbonyl (C=O) groups excluding carboxylic acids is 1. The summed E-state index contributed by atoms with van der Waals surface area (Å²) in [6.07, 6.45) is 3.89. The lowest BCUT2D eigenvalue weighted by atomic mass is 10.2. The van der Waals surface area contributed by atoms with E-state index < -0.39 is 0 Å². The Morgan fingerprint density at radius 2 is 2.19 bits per heavy atom. The van der Waals surface area contributed by atoms with E-state index in [9.17, 15) is 4.79 Å². The quantitative estimate of drug-likeness (QED) is 0.697. The Labute approximate surface area is 161 Å². The van der Waals surface area contributed by atoms with Crippen molar-refractivity contribution in [1.82, 2.24) is 15.1 Å². The molecule has 140 valence electrons. The van der Waals surface area contributed by atoms with Crippen LogP contribution < -0.4 is 10.1 Å². The Balaban J connectivity index is 1.39. The van der Waals surface area contributed by atoms with Gasteiger partial charge in [-0.15, -0.1) is 10.2 Å². The van der Waals surface area contributed by atoms with Crippen LogP contribution in [0.2, 0.25) is 0 Å². The second kappa shape index (κ2) is 7.89. The van der Waals surface area contributed by atoms with E-state index >= 15 is 0 Å². The minimum absolute atomic E-state index is 0.257. The van der Waals surface area contributed by atoms with Crippen molar-refractivity contribution in [3.8, 4) is 5.75 Å². The molecule has 0 radical (unpaired) electrons. The summed E-state index contributed by atoms with van der Waals surface area (Å²) in [6.45, 7) is 1.65. The Hall–Kier alpha value is -2.71. The first-order chi connectivity index (χ1) is 13.2. The second-order valence-corrected chi connectivity index (χ2v) is 7.39. The third-order valence-electron chi connectivity index (χ3n) is 4.58. The molecule has 1 aromatic carbocycles. The van der Waals surface area contributed by atoms with Gasteiger partial charge in [-0.25, -0.2) is 0 Å². The van der Waals surface area contributed by atoms with Gasteiger partial charge in [0.05, 0.1) is 26.0 Å². The molecular formula is C19H20N4O3S. The van der Waals surface area contributed by atoms with Crippen LogP contribution in [-0.2, 0) is 6.54 Å². The molecule has 1 aliphatic heterocycles. The smallest absolute Gasteiger partial charge is 0.286 e. The minimum atomic E-state index is -0.257. The molecule has 1 unspecified atom stereocenters. The van der Waals surface area contributed by atoms with Crippen molar-refractivity contribution < 1.29 is 13.9 Å². The maximum Gasteiger partial charge on any atom is 0.286 e. The summed E-state index contributed by atoms with van der Waals surface area (Å²) in [7, 11) is 1.60. The fraction of sp³-hybridized carbons (Fsp3) is 0.316. The molecule has 8 heteroatoms. The summed E-state index contributed by atoms with van der Waals surface area (Å²) in [4.78, 5) is 14.7. The third kappa shape index (κ3) is 4.01. The zero-order valence-electron chi connectivity index (χ0n) is 14.9. The van der Waals surface area contributed by atoms with Crippen molar-refractivity contribution >= 4 is 22.9 Å². The Morgan fingerprint density at radius 3 is 2.93 bits per heavy atom. The predicted molar refractivity (Wildman–Crippen MR) is 102 cm³/mol. The maximum absolute atomic E-state index is 12.4. The van der Waals surface area contributed by atoms with Gasteiger partial charge in [0.1, 0.15) is 16.5 Å². The molecule has 4 rings (SSSR count). The van der Waals surface area contributed by atoms with Gasteiger partial charge in [0.15, 0.2) is 0 Å². The van der Waals surface area contributed by atoms with Gasteiger partial charge >= 0.3 is 0 Å². The lowest BCUT2D eigenvalue weighted by Crippen LogP contribution is -2.22. The molecular weight excluding hydrogens is 364 g/mol. The fourth-order valence-electron chi connectivity index (χ4n) is 3.26. The number of anilines is 1. The number of methoxy groups -OCH3 is 1. The van der Waals surface area contributed by atoms with E-state index in [0.717, 1.165) is 35.9 Å². The van der Waals surface area contributed by atoms with Gasteiger partial charge in [0.2, 0.25) is 5.01 Å². The molecule has 1 saturated heterocycles. The van der Waals surface area contributed by atoms with Crippen LogP contribution in [0.5, 0.6) is 5.75 Å². The van der Waals surface area contributed by atoms with Gasteiger partial charge in [-0.2, -0.15) is 0 Å². The maximum atomic E-state index is 12.4. The molecule has 0 bridgehead atoms. The van der Waals surface area contributed by atoms with Crippen LogP contribution in [-0.4, -0.2) is 34.7 Å². The Morgan fingerprint density at radius 1 is 1.33 bits per heavy atom. The number of likely N-dealkylation sites (tertiary alicyclic amines) is 1. The standard InChI is InChI=1S/C19H20N4O3S/c1-25-14-8-6-13(7-9-14)20-18(24)19-22-21-17(27-19)12-23-10-2-4-15(23)16-5-3-11-26-16/h3,5-9,11,15H,2,4,10,12H2,1H3,(H,20,24). The number of aromatic nitrogens is 2. The summed E-state index contributed by atoms with van der Waals surface area (Å²) in [5, 5.41) is 12.3. The van der Waals surface area contributed by atoms with E-state index in [2.05, 4.69) is 20.4 Å².